The Balaban J connectivity index is 1.11. The second-order valence-electron chi connectivity index (χ2n) is 16.6. The largest absolute Gasteiger partial charge is 0.484 e. The van der Waals surface area contributed by atoms with E-state index in [1.807, 2.05) is 140 Å². The smallest absolute Gasteiger partial charge is 0.258 e. The lowest BCUT2D eigenvalue weighted by Gasteiger charge is -2.27. The zero-order chi connectivity index (χ0) is 47.1. The summed E-state index contributed by atoms with van der Waals surface area (Å²) in [5.74, 6) is -2.24. The molecule has 2 bridgehead atoms. The minimum absolute atomic E-state index is 0.0328. The Kier molecular flexibility index (Phi) is 15.3. The highest BCUT2D eigenvalue weighted by atomic mass is 16.5. The van der Waals surface area contributed by atoms with Crippen LogP contribution in [-0.4, -0.2) is 80.9 Å². The highest BCUT2D eigenvalue weighted by Crippen LogP contribution is 2.22. The molecular weight excluding hydrogens is 859 g/mol. The van der Waals surface area contributed by atoms with Gasteiger partial charge in [0.2, 0.25) is 23.6 Å². The highest BCUT2D eigenvalue weighted by molar-refractivity contribution is 5.96. The van der Waals surface area contributed by atoms with Gasteiger partial charge in [-0.05, 0) is 79.9 Å². The Hall–Kier alpha value is -8.46. The number of rotatable bonds is 12. The van der Waals surface area contributed by atoms with Crippen molar-refractivity contribution in [2.24, 2.45) is 0 Å². The number of carbonyl (C=O) groups is 5. The van der Waals surface area contributed by atoms with Crippen LogP contribution >= 0.6 is 0 Å². The molecule has 0 spiro atoms. The molecule has 3 heterocycles. The Morgan fingerprint density at radius 1 is 0.559 bits per heavy atom. The summed E-state index contributed by atoms with van der Waals surface area (Å²) in [6, 6.07) is 46.9. The third-order valence-corrected chi connectivity index (χ3v) is 11.7. The number of benzene rings is 6. The van der Waals surface area contributed by atoms with Crippen LogP contribution in [0.25, 0.3) is 22.3 Å². The van der Waals surface area contributed by atoms with Crippen LogP contribution in [0.4, 0.5) is 0 Å². The van der Waals surface area contributed by atoms with Crippen LogP contribution in [0.3, 0.4) is 0 Å². The minimum atomic E-state index is -1.21. The van der Waals surface area contributed by atoms with E-state index in [4.69, 9.17) is 4.74 Å². The zero-order valence-electron chi connectivity index (χ0n) is 37.1. The Morgan fingerprint density at radius 2 is 1.07 bits per heavy atom. The summed E-state index contributed by atoms with van der Waals surface area (Å²) in [7, 11) is 0. The third-order valence-electron chi connectivity index (χ3n) is 11.7. The lowest BCUT2D eigenvalue weighted by molar-refractivity contribution is -0.134. The van der Waals surface area contributed by atoms with Crippen LogP contribution in [0.2, 0.25) is 0 Å². The molecule has 15 nitrogen and oxygen atoms in total. The molecule has 6 aromatic carbocycles. The van der Waals surface area contributed by atoms with E-state index in [1.165, 1.54) is 0 Å². The molecule has 2 aliphatic heterocycles. The number of carbonyl (C=O) groups excluding carboxylic acids is 5. The molecule has 2 aliphatic rings. The minimum Gasteiger partial charge on any atom is -0.484 e. The zero-order valence-corrected chi connectivity index (χ0v) is 37.1. The number of aromatic amines is 1. The van der Waals surface area contributed by atoms with Gasteiger partial charge in [-0.2, -0.15) is 0 Å². The van der Waals surface area contributed by atoms with Gasteiger partial charge in [0, 0.05) is 19.3 Å². The van der Waals surface area contributed by atoms with E-state index < -0.39 is 60.3 Å². The fourth-order valence-electron chi connectivity index (χ4n) is 7.96. The fraction of sp³-hybridized carbons (Fsp3) is 0.208. The van der Waals surface area contributed by atoms with Gasteiger partial charge in [-0.15, -0.1) is 5.10 Å². The van der Waals surface area contributed by atoms with Crippen LogP contribution in [0, 0.1) is 0 Å². The standard InChI is InChI=1S/C53H51N9O6/c63-49-34-68-43-27-20-38(21-28-43)30-45(50(64)54-33-48-59-61-62-60-48)57-51(65)44(29-22-35-10-4-1-5-11-35)56-53(67)47(32-37-18-25-42(26-19-37)40-14-8-3-9-15-40)58-52(66)46(55-49)31-36-16-23-41(24-17-36)39-12-6-2-7-13-39/h1-21,23-28,44-47H,22,29-34H2,(H,54,64)(H,55,63)(H,56,67)(H,57,65)(H,58,66)(H,59,60,61,62)/t44-,45-,46-,47+/m0/s1. The number of tetrazole rings is 1. The van der Waals surface area contributed by atoms with Crippen LogP contribution in [0.1, 0.15) is 34.5 Å². The van der Waals surface area contributed by atoms with E-state index in [0.29, 0.717) is 23.6 Å². The number of hydrogen-bond donors (Lipinski definition) is 6. The predicted molar refractivity (Wildman–Crippen MR) is 255 cm³/mol. The monoisotopic (exact) mass is 909 g/mol. The van der Waals surface area contributed by atoms with Gasteiger partial charge in [-0.25, -0.2) is 5.10 Å². The quantitative estimate of drug-likeness (QED) is 0.0926. The second-order valence-corrected chi connectivity index (χ2v) is 16.6. The molecule has 9 rings (SSSR count). The van der Waals surface area contributed by atoms with E-state index in [-0.39, 0.29) is 32.2 Å². The number of aryl methyl sites for hydroxylation is 1. The molecule has 0 saturated carbocycles. The maximum atomic E-state index is 14.8. The first-order chi connectivity index (χ1) is 33.2. The number of aromatic nitrogens is 4. The number of ether oxygens (including phenoxy) is 1. The molecule has 5 amide bonds. The molecule has 6 N–H and O–H groups in total. The van der Waals surface area contributed by atoms with Gasteiger partial charge in [-0.1, -0.05) is 152 Å². The first-order valence-electron chi connectivity index (χ1n) is 22.5. The first-order valence-corrected chi connectivity index (χ1v) is 22.5. The molecule has 7 aromatic rings. The summed E-state index contributed by atoms with van der Waals surface area (Å²) in [6.45, 7) is -0.441. The fourth-order valence-corrected chi connectivity index (χ4v) is 7.96. The number of amides is 5. The van der Waals surface area contributed by atoms with E-state index in [2.05, 4.69) is 47.2 Å². The van der Waals surface area contributed by atoms with Gasteiger partial charge in [0.1, 0.15) is 29.9 Å². The first kappa shape index (κ1) is 46.1. The summed E-state index contributed by atoms with van der Waals surface area (Å²) >= 11 is 0. The number of fused-ring (bicyclic) bond motifs is 16. The average Bonchev–Trinajstić information content (AvgIpc) is 3.91. The summed E-state index contributed by atoms with van der Waals surface area (Å²) in [6.07, 6.45) is 0.781. The van der Waals surface area contributed by atoms with Crippen molar-refractivity contribution in [3.8, 4) is 28.0 Å². The van der Waals surface area contributed by atoms with Gasteiger partial charge in [0.15, 0.2) is 12.4 Å². The Morgan fingerprint density at radius 3 is 1.63 bits per heavy atom. The van der Waals surface area contributed by atoms with Crippen LogP contribution in [0.15, 0.2) is 164 Å². The molecule has 15 heteroatoms. The van der Waals surface area contributed by atoms with Crippen molar-refractivity contribution in [3.63, 3.8) is 0 Å². The maximum absolute atomic E-state index is 14.8. The number of hydrogen-bond acceptors (Lipinski definition) is 9. The highest BCUT2D eigenvalue weighted by Gasteiger charge is 2.32. The summed E-state index contributed by atoms with van der Waals surface area (Å²) in [5, 5.41) is 28.0. The molecule has 0 radical (unpaired) electrons. The molecule has 68 heavy (non-hydrogen) atoms. The van der Waals surface area contributed by atoms with Gasteiger partial charge in [-0.3, -0.25) is 24.0 Å². The van der Waals surface area contributed by atoms with E-state index in [0.717, 1.165) is 38.9 Å². The van der Waals surface area contributed by atoms with E-state index in [1.54, 1.807) is 24.3 Å². The number of nitrogens with one attached hydrogen (secondary N) is 6. The normalized spacial score (nSPS) is 18.1. The topological polar surface area (TPSA) is 209 Å². The lowest BCUT2D eigenvalue weighted by Crippen LogP contribution is -2.59. The molecule has 4 atom stereocenters. The number of nitrogens with zero attached hydrogens (tertiary/aromatic N) is 3. The van der Waals surface area contributed by atoms with Crippen molar-refractivity contribution >= 4 is 29.5 Å². The Bertz CT molecular complexity index is 2760. The van der Waals surface area contributed by atoms with Crippen LogP contribution in [-0.2, 0) is 56.2 Å². The van der Waals surface area contributed by atoms with Crippen molar-refractivity contribution in [1.29, 1.82) is 0 Å². The molecular formula is C53H51N9O6. The van der Waals surface area contributed by atoms with Gasteiger partial charge in [0.05, 0.1) is 6.54 Å². The van der Waals surface area contributed by atoms with Crippen molar-refractivity contribution < 1.29 is 28.7 Å². The van der Waals surface area contributed by atoms with Crippen molar-refractivity contribution in [2.45, 2.75) is 62.8 Å². The second kappa shape index (κ2) is 22.6. The summed E-state index contributed by atoms with van der Waals surface area (Å²) in [4.78, 5) is 71.4. The number of H-pyrrole nitrogens is 1. The third kappa shape index (κ3) is 12.9. The Labute approximate surface area is 393 Å². The molecule has 344 valence electrons. The summed E-state index contributed by atoms with van der Waals surface area (Å²) in [5.41, 5.74) is 7.12. The molecule has 0 aliphatic carbocycles. The van der Waals surface area contributed by atoms with Crippen molar-refractivity contribution in [1.82, 2.24) is 47.2 Å². The average molecular weight is 910 g/mol. The SMILES string of the molecule is O=C1COc2ccc(cc2)C[C@@H](C(=O)NCc2nnn[nH]2)NC(=O)[C@H](CCc2ccccc2)NC(=O)[C@@H](Cc2ccc(-c3ccccc3)cc2)NC(=O)[C@H](Cc2ccc(-c3ccccc3)cc2)N1. The molecule has 1 aromatic heterocycles. The van der Waals surface area contributed by atoms with Gasteiger partial charge in [0.25, 0.3) is 5.91 Å². The molecule has 0 saturated heterocycles. The lowest BCUT2D eigenvalue weighted by atomic mass is 9.98. The van der Waals surface area contributed by atoms with Gasteiger partial charge < -0.3 is 31.3 Å². The van der Waals surface area contributed by atoms with Crippen molar-refractivity contribution in [2.75, 3.05) is 6.61 Å². The van der Waals surface area contributed by atoms with Crippen LogP contribution < -0.4 is 31.3 Å². The van der Waals surface area contributed by atoms with E-state index >= 15 is 0 Å². The van der Waals surface area contributed by atoms with E-state index in [9.17, 15) is 24.0 Å². The summed E-state index contributed by atoms with van der Waals surface area (Å²) < 4.78 is 5.86. The van der Waals surface area contributed by atoms with Gasteiger partial charge >= 0.3 is 0 Å². The molecule has 0 unspecified atom stereocenters. The van der Waals surface area contributed by atoms with Crippen LogP contribution in [0.5, 0.6) is 5.75 Å². The predicted octanol–water partition coefficient (Wildman–Crippen LogP) is 4.84. The molecule has 0 fully saturated rings. The van der Waals surface area contributed by atoms with Crippen molar-refractivity contribution in [3.05, 3.63) is 192 Å². The maximum Gasteiger partial charge on any atom is 0.258 e.